The van der Waals surface area contributed by atoms with Crippen molar-refractivity contribution in [3.8, 4) is 0 Å². The van der Waals surface area contributed by atoms with Gasteiger partial charge in [-0.05, 0) is 55.5 Å². The monoisotopic (exact) mass is 492 g/mol. The quantitative estimate of drug-likeness (QED) is 0.560. The maximum Gasteiger partial charge on any atom is 0.338 e. The van der Waals surface area contributed by atoms with Crippen molar-refractivity contribution in [3.63, 3.8) is 0 Å². The molecule has 0 bridgehead atoms. The summed E-state index contributed by atoms with van der Waals surface area (Å²) in [6.07, 6.45) is 3.49. The normalized spacial score (nSPS) is 15.6. The third kappa shape index (κ3) is 6.34. The maximum atomic E-state index is 13.0. The number of esters is 1. The van der Waals surface area contributed by atoms with Crippen LogP contribution in [0.5, 0.6) is 0 Å². The average Bonchev–Trinajstić information content (AvgIpc) is 2.83. The van der Waals surface area contributed by atoms with E-state index in [9.17, 15) is 18.0 Å². The second kappa shape index (κ2) is 11.1. The molecule has 178 valence electrons. The fourth-order valence-corrected chi connectivity index (χ4v) is 5.71. The summed E-state index contributed by atoms with van der Waals surface area (Å²) in [5, 5.41) is 2.83. The maximum absolute atomic E-state index is 13.0. The van der Waals surface area contributed by atoms with Crippen LogP contribution in [0.25, 0.3) is 0 Å². The highest BCUT2D eigenvalue weighted by Gasteiger charge is 2.29. The topological polar surface area (TPSA) is 92.8 Å². The molecule has 33 heavy (non-hydrogen) atoms. The van der Waals surface area contributed by atoms with Crippen LogP contribution in [0.3, 0.4) is 0 Å². The molecule has 1 aliphatic heterocycles. The van der Waals surface area contributed by atoms with Crippen LogP contribution in [0.2, 0.25) is 5.02 Å². The van der Waals surface area contributed by atoms with Crippen LogP contribution >= 0.6 is 11.6 Å². The summed E-state index contributed by atoms with van der Waals surface area (Å²) < 4.78 is 32.4. The Kier molecular flexibility index (Phi) is 8.51. The Morgan fingerprint density at radius 1 is 1.09 bits per heavy atom. The Balaban J connectivity index is 1.61. The Hall–Kier alpha value is -2.42. The molecule has 0 spiro atoms. The van der Waals surface area contributed by atoms with Crippen LogP contribution in [0.1, 0.15) is 60.6 Å². The lowest BCUT2D eigenvalue weighted by atomic mass is 10.1. The number of amides is 1. The molecule has 1 amide bonds. The first-order valence-electron chi connectivity index (χ1n) is 11.1. The van der Waals surface area contributed by atoms with E-state index in [-0.39, 0.29) is 21.5 Å². The van der Waals surface area contributed by atoms with E-state index in [1.54, 1.807) is 0 Å². The molecule has 0 aliphatic carbocycles. The smallest absolute Gasteiger partial charge is 0.338 e. The molecule has 1 aliphatic rings. The molecule has 0 radical (unpaired) electrons. The third-order valence-corrected chi connectivity index (χ3v) is 8.08. The summed E-state index contributed by atoms with van der Waals surface area (Å²) in [5.74, 6) is -1.25. The van der Waals surface area contributed by atoms with Gasteiger partial charge in [0.05, 0.1) is 16.6 Å². The van der Waals surface area contributed by atoms with Gasteiger partial charge in [0.15, 0.2) is 6.61 Å². The van der Waals surface area contributed by atoms with Gasteiger partial charge in [0.2, 0.25) is 10.0 Å². The van der Waals surface area contributed by atoms with Crippen molar-refractivity contribution in [2.45, 2.75) is 50.5 Å². The SMILES string of the molecule is CCc1ccc(C(C)NC(=O)COC(=O)c2ccc(Cl)c(S(=O)(=O)N3CCCCC3)c2)cc1. The van der Waals surface area contributed by atoms with E-state index >= 15 is 0 Å². The Morgan fingerprint density at radius 3 is 2.39 bits per heavy atom. The standard InChI is InChI=1S/C24H29ClN2O5S/c1-3-18-7-9-19(10-8-18)17(2)26-23(28)16-32-24(29)20-11-12-21(25)22(15-20)33(30,31)27-13-5-4-6-14-27/h7-12,15,17H,3-6,13-14,16H2,1-2H3,(H,26,28). The predicted octanol–water partition coefficient (Wildman–Crippen LogP) is 4.11. The van der Waals surface area contributed by atoms with Crippen LogP contribution in [0.15, 0.2) is 47.4 Å². The molecule has 0 saturated carbocycles. The summed E-state index contributed by atoms with van der Waals surface area (Å²) in [4.78, 5) is 24.6. The van der Waals surface area contributed by atoms with Gasteiger partial charge in [0, 0.05) is 13.1 Å². The van der Waals surface area contributed by atoms with Gasteiger partial charge in [0.25, 0.3) is 5.91 Å². The largest absolute Gasteiger partial charge is 0.452 e. The molecule has 1 fully saturated rings. The van der Waals surface area contributed by atoms with Crippen molar-refractivity contribution in [2.24, 2.45) is 0 Å². The fourth-order valence-electron chi connectivity index (χ4n) is 3.70. The summed E-state index contributed by atoms with van der Waals surface area (Å²) in [6, 6.07) is 11.6. The van der Waals surface area contributed by atoms with Gasteiger partial charge in [-0.3, -0.25) is 4.79 Å². The first-order valence-corrected chi connectivity index (χ1v) is 12.9. The number of rotatable bonds is 8. The van der Waals surface area contributed by atoms with E-state index in [1.807, 2.05) is 31.2 Å². The van der Waals surface area contributed by atoms with E-state index in [2.05, 4.69) is 12.2 Å². The highest BCUT2D eigenvalue weighted by molar-refractivity contribution is 7.89. The van der Waals surface area contributed by atoms with Crippen LogP contribution in [-0.2, 0) is 26.0 Å². The molecule has 1 N–H and O–H groups in total. The number of carbonyl (C=O) groups is 2. The number of nitrogens with zero attached hydrogens (tertiary/aromatic N) is 1. The van der Waals surface area contributed by atoms with Crippen molar-refractivity contribution >= 4 is 33.5 Å². The highest BCUT2D eigenvalue weighted by atomic mass is 35.5. The second-order valence-electron chi connectivity index (χ2n) is 8.07. The second-order valence-corrected chi connectivity index (χ2v) is 10.4. The van der Waals surface area contributed by atoms with Gasteiger partial charge >= 0.3 is 5.97 Å². The molecular formula is C24H29ClN2O5S. The van der Waals surface area contributed by atoms with Gasteiger partial charge in [0.1, 0.15) is 4.90 Å². The molecule has 0 aromatic heterocycles. The third-order valence-electron chi connectivity index (χ3n) is 5.70. The highest BCUT2D eigenvalue weighted by Crippen LogP contribution is 2.28. The van der Waals surface area contributed by atoms with Crippen LogP contribution in [-0.4, -0.2) is 44.3 Å². The molecule has 1 unspecified atom stereocenters. The minimum Gasteiger partial charge on any atom is -0.452 e. The molecule has 7 nitrogen and oxygen atoms in total. The van der Waals surface area contributed by atoms with Crippen molar-refractivity contribution in [2.75, 3.05) is 19.7 Å². The number of carbonyl (C=O) groups excluding carboxylic acids is 2. The van der Waals surface area contributed by atoms with E-state index in [4.69, 9.17) is 16.3 Å². The van der Waals surface area contributed by atoms with E-state index in [0.29, 0.717) is 13.1 Å². The number of piperidine rings is 1. The van der Waals surface area contributed by atoms with Crippen molar-refractivity contribution in [1.29, 1.82) is 0 Å². The first-order chi connectivity index (χ1) is 15.7. The zero-order valence-electron chi connectivity index (χ0n) is 18.8. The van der Waals surface area contributed by atoms with Crippen molar-refractivity contribution in [3.05, 3.63) is 64.2 Å². The number of hydrogen-bond donors (Lipinski definition) is 1. The van der Waals surface area contributed by atoms with Crippen LogP contribution < -0.4 is 5.32 Å². The molecule has 3 rings (SSSR count). The van der Waals surface area contributed by atoms with Crippen molar-refractivity contribution < 1.29 is 22.7 Å². The summed E-state index contributed by atoms with van der Waals surface area (Å²) >= 11 is 6.14. The Bertz CT molecular complexity index is 1100. The average molecular weight is 493 g/mol. The van der Waals surface area contributed by atoms with Crippen LogP contribution in [0.4, 0.5) is 0 Å². The lowest BCUT2D eigenvalue weighted by molar-refractivity contribution is -0.124. The minimum atomic E-state index is -3.82. The minimum absolute atomic E-state index is 0.0194. The number of aryl methyl sites for hydroxylation is 1. The van der Waals surface area contributed by atoms with Crippen molar-refractivity contribution in [1.82, 2.24) is 9.62 Å². The van der Waals surface area contributed by atoms with Gasteiger partial charge in [-0.1, -0.05) is 49.2 Å². The molecule has 9 heteroatoms. The van der Waals surface area contributed by atoms with Gasteiger partial charge < -0.3 is 10.1 Å². The Labute approximate surface area is 200 Å². The van der Waals surface area contributed by atoms with E-state index < -0.39 is 28.5 Å². The molecule has 1 atom stereocenters. The van der Waals surface area contributed by atoms with Gasteiger partial charge in [-0.15, -0.1) is 0 Å². The van der Waals surface area contributed by atoms with E-state index in [0.717, 1.165) is 31.2 Å². The zero-order chi connectivity index (χ0) is 24.0. The molecule has 2 aromatic rings. The number of sulfonamides is 1. The molecular weight excluding hydrogens is 464 g/mol. The number of hydrogen-bond acceptors (Lipinski definition) is 5. The fraction of sp³-hybridized carbons (Fsp3) is 0.417. The molecule has 2 aromatic carbocycles. The molecule has 1 saturated heterocycles. The molecule has 1 heterocycles. The number of halogens is 1. The Morgan fingerprint density at radius 2 is 1.76 bits per heavy atom. The summed E-state index contributed by atoms with van der Waals surface area (Å²) in [6.45, 7) is 4.28. The lowest BCUT2D eigenvalue weighted by Gasteiger charge is -2.26. The van der Waals surface area contributed by atoms with E-state index in [1.165, 1.54) is 28.1 Å². The lowest BCUT2D eigenvalue weighted by Crippen LogP contribution is -2.35. The predicted molar refractivity (Wildman–Crippen MR) is 127 cm³/mol. The number of benzene rings is 2. The van der Waals surface area contributed by atoms with Gasteiger partial charge in [-0.2, -0.15) is 4.31 Å². The van der Waals surface area contributed by atoms with Crippen LogP contribution in [0, 0.1) is 0 Å². The zero-order valence-corrected chi connectivity index (χ0v) is 20.4. The summed E-state index contributed by atoms with van der Waals surface area (Å²) in [7, 11) is -3.82. The first kappa shape index (κ1) is 25.2. The number of ether oxygens (including phenoxy) is 1. The van der Waals surface area contributed by atoms with Gasteiger partial charge in [-0.25, -0.2) is 13.2 Å². The number of nitrogens with one attached hydrogen (secondary N) is 1. The summed E-state index contributed by atoms with van der Waals surface area (Å²) in [5.41, 5.74) is 2.17.